The number of hydrogen-bond donors (Lipinski definition) is 1. The first kappa shape index (κ1) is 30.5. The minimum atomic E-state index is -4.57. The lowest BCUT2D eigenvalue weighted by Gasteiger charge is -2.37. The van der Waals surface area contributed by atoms with Gasteiger partial charge < -0.3 is 19.9 Å². The Hall–Kier alpha value is -3.41. The van der Waals surface area contributed by atoms with Crippen molar-refractivity contribution in [2.24, 2.45) is 5.92 Å². The van der Waals surface area contributed by atoms with Crippen LogP contribution in [0.2, 0.25) is 0 Å². The summed E-state index contributed by atoms with van der Waals surface area (Å²) < 4.78 is 46.3. The predicted octanol–water partition coefficient (Wildman–Crippen LogP) is 7.01. The normalized spacial score (nSPS) is 22.8. The van der Waals surface area contributed by atoms with E-state index in [-0.39, 0.29) is 23.6 Å². The Morgan fingerprint density at radius 3 is 2.34 bits per heavy atom. The van der Waals surface area contributed by atoms with Crippen molar-refractivity contribution in [3.8, 4) is 6.07 Å². The number of hydrogen-bond acceptors (Lipinski definition) is 5. The lowest BCUT2D eigenvalue weighted by atomic mass is 9.92. The fourth-order valence-corrected chi connectivity index (χ4v) is 6.13. The van der Waals surface area contributed by atoms with Crippen LogP contribution in [0, 0.1) is 17.2 Å². The monoisotopic (exact) mass is 570 g/mol. The molecule has 0 bridgehead atoms. The molecule has 4 rings (SSSR count). The van der Waals surface area contributed by atoms with Crippen LogP contribution in [0.15, 0.2) is 54.5 Å². The summed E-state index contributed by atoms with van der Waals surface area (Å²) in [5, 5.41) is 12.2. The van der Waals surface area contributed by atoms with Crippen LogP contribution < -0.4 is 5.32 Å². The van der Waals surface area contributed by atoms with Crippen LogP contribution in [0.5, 0.6) is 0 Å². The van der Waals surface area contributed by atoms with Gasteiger partial charge in [-0.15, -0.1) is 0 Å². The van der Waals surface area contributed by atoms with E-state index in [1.54, 1.807) is 6.07 Å². The molecule has 0 radical (unpaired) electrons. The summed E-state index contributed by atoms with van der Waals surface area (Å²) in [6, 6.07) is 5.42. The highest BCUT2D eigenvalue weighted by Gasteiger charge is 2.34. The van der Waals surface area contributed by atoms with E-state index >= 15 is 0 Å². The number of benzene rings is 1. The predicted molar refractivity (Wildman–Crippen MR) is 154 cm³/mol. The zero-order chi connectivity index (χ0) is 29.4. The smallest absolute Gasteiger partial charge is 0.417 e. The zero-order valence-corrected chi connectivity index (χ0v) is 23.9. The van der Waals surface area contributed by atoms with E-state index in [9.17, 15) is 18.0 Å². The average molecular weight is 571 g/mol. The molecular formula is C32H41F3N4O2. The van der Waals surface area contributed by atoms with Crippen molar-refractivity contribution in [2.75, 3.05) is 31.5 Å². The Balaban J connectivity index is 1.26. The largest absolute Gasteiger partial charge is 0.491 e. The summed E-state index contributed by atoms with van der Waals surface area (Å²) in [6.07, 6.45) is 9.81. The number of carbonyl (C=O) groups excluding carboxylic acids is 1. The van der Waals surface area contributed by atoms with Crippen LogP contribution >= 0.6 is 0 Å². The fourth-order valence-electron chi connectivity index (χ4n) is 6.13. The lowest BCUT2D eigenvalue weighted by Crippen LogP contribution is -2.48. The highest BCUT2D eigenvalue weighted by molar-refractivity contribution is 5.76. The number of ether oxygens (including phenoxy) is 1. The van der Waals surface area contributed by atoms with E-state index in [1.807, 2.05) is 30.1 Å². The van der Waals surface area contributed by atoms with Gasteiger partial charge in [0.25, 0.3) is 0 Å². The van der Waals surface area contributed by atoms with E-state index in [4.69, 9.17) is 10.00 Å². The molecule has 1 heterocycles. The maximum atomic E-state index is 13.3. The number of alkyl halides is 3. The van der Waals surface area contributed by atoms with Gasteiger partial charge in [0.15, 0.2) is 0 Å². The van der Waals surface area contributed by atoms with E-state index < -0.39 is 11.7 Å². The Kier molecular flexibility index (Phi) is 10.4. The molecule has 1 aromatic rings. The number of nitriles is 1. The van der Waals surface area contributed by atoms with Crippen molar-refractivity contribution >= 4 is 11.6 Å². The Morgan fingerprint density at radius 2 is 1.76 bits per heavy atom. The SMILES string of the molecule is C=C/C(=C\C(=C/C)O[C@H]1CC[C@H](Nc2ccc(C#N)c(C(F)(F)F)c2)CC1)N1CCN(C(=O)CC2CCCC2)CC1. The van der Waals surface area contributed by atoms with E-state index in [0.29, 0.717) is 31.1 Å². The van der Waals surface area contributed by atoms with Gasteiger partial charge in [-0.3, -0.25) is 4.79 Å². The number of nitrogens with zero attached hydrogens (tertiary/aromatic N) is 3. The van der Waals surface area contributed by atoms with Crippen LogP contribution in [-0.2, 0) is 15.7 Å². The third-order valence-corrected chi connectivity index (χ3v) is 8.51. The highest BCUT2D eigenvalue weighted by Crippen LogP contribution is 2.35. The summed E-state index contributed by atoms with van der Waals surface area (Å²) in [5.41, 5.74) is 0.0497. The van der Waals surface area contributed by atoms with Crippen molar-refractivity contribution < 1.29 is 22.7 Å². The first-order chi connectivity index (χ1) is 19.7. The van der Waals surface area contributed by atoms with Crippen LogP contribution in [0.1, 0.15) is 75.8 Å². The molecule has 3 fully saturated rings. The number of nitrogens with one attached hydrogen (secondary N) is 1. The first-order valence-electron chi connectivity index (χ1n) is 14.8. The second kappa shape index (κ2) is 14.0. The summed E-state index contributed by atoms with van der Waals surface area (Å²) in [4.78, 5) is 17.0. The number of allylic oxidation sites excluding steroid dienone is 3. The summed E-state index contributed by atoms with van der Waals surface area (Å²) in [7, 11) is 0. The maximum Gasteiger partial charge on any atom is 0.417 e. The molecule has 0 aromatic heterocycles. The Morgan fingerprint density at radius 1 is 1.10 bits per heavy atom. The average Bonchev–Trinajstić information content (AvgIpc) is 3.49. The molecule has 1 N–H and O–H groups in total. The number of halogens is 3. The summed E-state index contributed by atoms with van der Waals surface area (Å²) >= 11 is 0. The molecule has 222 valence electrons. The van der Waals surface area contributed by atoms with Gasteiger partial charge in [0.1, 0.15) is 5.76 Å². The molecule has 0 atom stereocenters. The topological polar surface area (TPSA) is 68.6 Å². The quantitative estimate of drug-likeness (QED) is 0.255. The summed E-state index contributed by atoms with van der Waals surface area (Å²) in [5.74, 6) is 1.60. The second-order valence-corrected chi connectivity index (χ2v) is 11.3. The maximum absolute atomic E-state index is 13.3. The number of anilines is 1. The fraction of sp³-hybridized carbons (Fsp3) is 0.562. The van der Waals surface area contributed by atoms with Gasteiger partial charge in [0, 0.05) is 56.1 Å². The molecule has 0 spiro atoms. The number of piperazine rings is 1. The Bertz CT molecular complexity index is 1160. The van der Waals surface area contributed by atoms with Crippen LogP contribution in [0.4, 0.5) is 18.9 Å². The second-order valence-electron chi connectivity index (χ2n) is 11.3. The minimum Gasteiger partial charge on any atom is -0.491 e. The number of rotatable bonds is 9. The standard InChI is InChI=1S/C32H41F3N4O2/c1-3-27(38-15-17-39(18-16-38)31(40)19-23-7-5-6-8-23)21-28(4-2)41-29-13-11-25(12-14-29)37-26-10-9-24(22-36)30(20-26)32(33,34)35/h3-4,9-10,20-21,23,25,29,37H,1,5-8,11-19H2,2H3/b27-21+,28-4+/t25-,29-. The minimum absolute atomic E-state index is 0.0123. The molecule has 1 saturated heterocycles. The van der Waals surface area contributed by atoms with E-state index in [2.05, 4.69) is 16.8 Å². The summed E-state index contributed by atoms with van der Waals surface area (Å²) in [6.45, 7) is 8.88. The van der Waals surface area contributed by atoms with Gasteiger partial charge >= 0.3 is 6.18 Å². The van der Waals surface area contributed by atoms with Gasteiger partial charge in [-0.1, -0.05) is 19.4 Å². The third kappa shape index (κ3) is 8.31. The number of amides is 1. The highest BCUT2D eigenvalue weighted by atomic mass is 19.4. The van der Waals surface area contributed by atoms with Gasteiger partial charge in [0.2, 0.25) is 5.91 Å². The van der Waals surface area contributed by atoms with Gasteiger partial charge in [0.05, 0.1) is 23.3 Å². The third-order valence-electron chi connectivity index (χ3n) is 8.51. The molecule has 9 heteroatoms. The molecule has 41 heavy (non-hydrogen) atoms. The molecule has 1 aromatic carbocycles. The van der Waals surface area contributed by atoms with Gasteiger partial charge in [-0.2, -0.15) is 18.4 Å². The van der Waals surface area contributed by atoms with Crippen LogP contribution in [0.3, 0.4) is 0 Å². The van der Waals surface area contributed by atoms with Gasteiger partial charge in [-0.05, 0) is 81.7 Å². The van der Waals surface area contributed by atoms with Crippen LogP contribution in [0.25, 0.3) is 0 Å². The molecule has 0 unspecified atom stereocenters. The van der Waals surface area contributed by atoms with Crippen molar-refractivity contribution in [1.29, 1.82) is 5.26 Å². The lowest BCUT2D eigenvalue weighted by molar-refractivity contribution is -0.137. The Labute approximate surface area is 241 Å². The van der Waals surface area contributed by atoms with Crippen molar-refractivity contribution in [3.63, 3.8) is 0 Å². The van der Waals surface area contributed by atoms with Crippen molar-refractivity contribution in [1.82, 2.24) is 9.80 Å². The molecular weight excluding hydrogens is 529 g/mol. The molecule has 3 aliphatic rings. The zero-order valence-electron chi connectivity index (χ0n) is 23.9. The molecule has 1 aliphatic heterocycles. The van der Waals surface area contributed by atoms with Crippen molar-refractivity contribution in [3.05, 3.63) is 65.6 Å². The van der Waals surface area contributed by atoms with Gasteiger partial charge in [-0.25, -0.2) is 0 Å². The molecule has 6 nitrogen and oxygen atoms in total. The van der Waals surface area contributed by atoms with Crippen molar-refractivity contribution in [2.45, 2.75) is 83.0 Å². The van der Waals surface area contributed by atoms with Crippen LogP contribution in [-0.4, -0.2) is 54.0 Å². The molecule has 1 amide bonds. The molecule has 2 saturated carbocycles. The van der Waals surface area contributed by atoms with E-state index in [1.165, 1.54) is 37.8 Å². The van der Waals surface area contributed by atoms with E-state index in [0.717, 1.165) is 56.3 Å². The number of carbonyl (C=O) groups is 1. The molecule has 2 aliphatic carbocycles. The first-order valence-corrected chi connectivity index (χ1v) is 14.8.